The van der Waals surface area contributed by atoms with Crippen LogP contribution in [0.4, 0.5) is 4.79 Å². The number of amides is 3. The fourth-order valence-corrected chi connectivity index (χ4v) is 3.71. The fraction of sp³-hybridized carbons (Fsp3) is 0.414. The third-order valence-electron chi connectivity index (χ3n) is 5.47. The molecule has 3 amide bonds. The maximum atomic E-state index is 13.9. The number of carbonyl (C=O) groups excluding carboxylic acids is 3. The molecule has 2 N–H and O–H groups in total. The highest BCUT2D eigenvalue weighted by atomic mass is 16.6. The predicted molar refractivity (Wildman–Crippen MR) is 141 cm³/mol. The van der Waals surface area contributed by atoms with Gasteiger partial charge in [0.1, 0.15) is 17.7 Å². The molecular formula is C29H37N3O4. The van der Waals surface area contributed by atoms with Crippen molar-refractivity contribution in [3.05, 3.63) is 71.3 Å². The van der Waals surface area contributed by atoms with E-state index < -0.39 is 29.7 Å². The van der Waals surface area contributed by atoms with Crippen LogP contribution in [0.25, 0.3) is 0 Å². The molecule has 0 aromatic heterocycles. The Balaban J connectivity index is 2.45. The molecule has 0 bridgehead atoms. The molecule has 0 aliphatic carbocycles. The minimum absolute atomic E-state index is 0.176. The third-order valence-corrected chi connectivity index (χ3v) is 5.47. The smallest absolute Gasteiger partial charge is 0.408 e. The maximum Gasteiger partial charge on any atom is 0.408 e. The normalized spacial score (nSPS) is 12.6. The number of alkyl carbamates (subject to hydrolysis) is 1. The van der Waals surface area contributed by atoms with E-state index in [2.05, 4.69) is 16.7 Å². The van der Waals surface area contributed by atoms with Crippen molar-refractivity contribution in [2.45, 2.75) is 71.6 Å². The number of nitrogens with zero attached hydrogens (tertiary/aromatic N) is 1. The molecule has 7 nitrogen and oxygen atoms in total. The molecule has 0 fully saturated rings. The summed E-state index contributed by atoms with van der Waals surface area (Å²) in [5, 5.41) is 5.57. The lowest BCUT2D eigenvalue weighted by Crippen LogP contribution is -2.52. The number of benzene rings is 2. The van der Waals surface area contributed by atoms with Crippen LogP contribution in [0.5, 0.6) is 0 Å². The molecule has 0 aliphatic rings. The van der Waals surface area contributed by atoms with Gasteiger partial charge < -0.3 is 15.4 Å². The lowest BCUT2D eigenvalue weighted by atomic mass is 9.97. The molecule has 2 aromatic carbocycles. The highest BCUT2D eigenvalue weighted by Crippen LogP contribution is 2.25. The quantitative estimate of drug-likeness (QED) is 0.291. The van der Waals surface area contributed by atoms with E-state index in [0.717, 1.165) is 28.9 Å². The second-order valence-electron chi connectivity index (χ2n) is 9.63. The molecule has 0 aliphatic heterocycles. The summed E-state index contributed by atoms with van der Waals surface area (Å²) in [6.07, 6.45) is 6.99. The summed E-state index contributed by atoms with van der Waals surface area (Å²) in [6.45, 7) is 9.57. The van der Waals surface area contributed by atoms with E-state index >= 15 is 0 Å². The molecule has 0 saturated carbocycles. The zero-order valence-electron chi connectivity index (χ0n) is 21.8. The van der Waals surface area contributed by atoms with E-state index in [-0.39, 0.29) is 12.3 Å². The van der Waals surface area contributed by atoms with Gasteiger partial charge in [-0.1, -0.05) is 74.4 Å². The van der Waals surface area contributed by atoms with Gasteiger partial charge in [-0.15, -0.1) is 0 Å². The average Bonchev–Trinajstić information content (AvgIpc) is 2.82. The van der Waals surface area contributed by atoms with Crippen LogP contribution in [0.15, 0.2) is 54.6 Å². The second-order valence-corrected chi connectivity index (χ2v) is 9.63. The maximum absolute atomic E-state index is 13.9. The van der Waals surface area contributed by atoms with Gasteiger partial charge in [0.05, 0.1) is 0 Å². The van der Waals surface area contributed by atoms with Crippen LogP contribution >= 0.6 is 0 Å². The summed E-state index contributed by atoms with van der Waals surface area (Å²) < 4.78 is 5.39. The molecule has 0 radical (unpaired) electrons. The van der Waals surface area contributed by atoms with Gasteiger partial charge in [-0.3, -0.25) is 14.5 Å². The zero-order chi connectivity index (χ0) is 26.7. The van der Waals surface area contributed by atoms with Gasteiger partial charge in [0.15, 0.2) is 0 Å². The summed E-state index contributed by atoms with van der Waals surface area (Å²) in [4.78, 5) is 40.9. The number of rotatable bonds is 10. The molecule has 7 heteroatoms. The van der Waals surface area contributed by atoms with Crippen molar-refractivity contribution >= 4 is 17.9 Å². The van der Waals surface area contributed by atoms with Crippen LogP contribution in [0.2, 0.25) is 0 Å². The molecule has 0 spiro atoms. The van der Waals surface area contributed by atoms with Crippen LogP contribution in [-0.4, -0.2) is 41.0 Å². The third kappa shape index (κ3) is 8.46. The van der Waals surface area contributed by atoms with Gasteiger partial charge >= 0.3 is 6.09 Å². The Kier molecular flexibility index (Phi) is 10.5. The van der Waals surface area contributed by atoms with Gasteiger partial charge in [-0.2, -0.15) is 0 Å². The van der Waals surface area contributed by atoms with E-state index in [1.54, 1.807) is 32.9 Å². The Labute approximate surface area is 214 Å². The number of carbonyl (C=O) groups is 3. The van der Waals surface area contributed by atoms with Crippen LogP contribution < -0.4 is 10.6 Å². The first kappa shape index (κ1) is 28.4. The standard InChI is InChI=1S/C29H37N3O4/c1-7-9-19-30-26(33)25(23-18-14-13-15-21(23)3)32(8-2)27(34)24(20-22-16-11-10-12-17-22)31-28(35)36-29(4,5)6/h2,10-18,24-25H,7,9,19-20H2,1,3-6H3,(H,30,33)(H,31,35). The first-order valence-corrected chi connectivity index (χ1v) is 12.2. The predicted octanol–water partition coefficient (Wildman–Crippen LogP) is 4.51. The average molecular weight is 492 g/mol. The number of nitrogens with one attached hydrogen (secondary N) is 2. The lowest BCUT2D eigenvalue weighted by Gasteiger charge is -2.31. The Bertz CT molecular complexity index is 1070. The van der Waals surface area contributed by atoms with Crippen LogP contribution in [0.3, 0.4) is 0 Å². The summed E-state index contributed by atoms with van der Waals surface area (Å²) in [6, 6.07) is 16.9. The van der Waals surface area contributed by atoms with Gasteiger partial charge in [-0.05, 0) is 50.8 Å². The van der Waals surface area contributed by atoms with Gasteiger partial charge in [-0.25, -0.2) is 4.79 Å². The SMILES string of the molecule is C#CN(C(=O)C(Cc1ccccc1)NC(=O)OC(C)(C)C)C(C(=O)NCCCC)c1ccccc1C. The van der Waals surface area contributed by atoms with Crippen molar-refractivity contribution in [2.75, 3.05) is 6.54 Å². The molecule has 36 heavy (non-hydrogen) atoms. The molecule has 192 valence electrons. The Morgan fingerprint density at radius 2 is 1.69 bits per heavy atom. The number of aryl methyl sites for hydroxylation is 1. The first-order chi connectivity index (χ1) is 17.1. The Morgan fingerprint density at radius 3 is 2.28 bits per heavy atom. The molecule has 0 heterocycles. The molecule has 2 aromatic rings. The lowest BCUT2D eigenvalue weighted by molar-refractivity contribution is -0.138. The highest BCUT2D eigenvalue weighted by Gasteiger charge is 2.36. The van der Waals surface area contributed by atoms with E-state index in [4.69, 9.17) is 11.2 Å². The van der Waals surface area contributed by atoms with Crippen molar-refractivity contribution < 1.29 is 19.1 Å². The van der Waals surface area contributed by atoms with E-state index in [1.165, 1.54) is 0 Å². The van der Waals surface area contributed by atoms with Gasteiger partial charge in [0, 0.05) is 19.0 Å². The number of unbranched alkanes of at least 4 members (excludes halogenated alkanes) is 1. The van der Waals surface area contributed by atoms with Crippen molar-refractivity contribution in [1.82, 2.24) is 15.5 Å². The van der Waals surface area contributed by atoms with E-state index in [9.17, 15) is 14.4 Å². The topological polar surface area (TPSA) is 87.7 Å². The minimum Gasteiger partial charge on any atom is -0.444 e. The van der Waals surface area contributed by atoms with Crippen LogP contribution in [0, 0.1) is 19.4 Å². The number of hydrogen-bond donors (Lipinski definition) is 2. The highest BCUT2D eigenvalue weighted by molar-refractivity contribution is 5.93. The Morgan fingerprint density at radius 1 is 1.06 bits per heavy atom. The summed E-state index contributed by atoms with van der Waals surface area (Å²) >= 11 is 0. The summed E-state index contributed by atoms with van der Waals surface area (Å²) in [5.74, 6) is -0.953. The largest absolute Gasteiger partial charge is 0.444 e. The molecule has 2 rings (SSSR count). The van der Waals surface area contributed by atoms with E-state index in [0.29, 0.717) is 12.1 Å². The van der Waals surface area contributed by atoms with Gasteiger partial charge in [0.25, 0.3) is 5.91 Å². The van der Waals surface area contributed by atoms with Crippen LogP contribution in [-0.2, 0) is 20.7 Å². The van der Waals surface area contributed by atoms with E-state index in [1.807, 2.05) is 56.3 Å². The number of hydrogen-bond acceptors (Lipinski definition) is 4. The minimum atomic E-state index is -1.06. The first-order valence-electron chi connectivity index (χ1n) is 12.2. The van der Waals surface area contributed by atoms with Crippen molar-refractivity contribution in [1.29, 1.82) is 0 Å². The molecule has 0 saturated heterocycles. The fourth-order valence-electron chi connectivity index (χ4n) is 3.71. The number of terminal acetylenes is 1. The van der Waals surface area contributed by atoms with Crippen molar-refractivity contribution in [3.8, 4) is 12.5 Å². The molecular weight excluding hydrogens is 454 g/mol. The Hall–Kier alpha value is -3.79. The van der Waals surface area contributed by atoms with Crippen molar-refractivity contribution in [3.63, 3.8) is 0 Å². The molecule has 2 atom stereocenters. The number of ether oxygens (including phenoxy) is 1. The monoisotopic (exact) mass is 491 g/mol. The van der Waals surface area contributed by atoms with Crippen LogP contribution in [0.1, 0.15) is 63.3 Å². The van der Waals surface area contributed by atoms with Gasteiger partial charge in [0.2, 0.25) is 5.91 Å². The summed E-state index contributed by atoms with van der Waals surface area (Å²) in [5.41, 5.74) is 1.51. The summed E-state index contributed by atoms with van der Waals surface area (Å²) in [7, 11) is 0. The zero-order valence-corrected chi connectivity index (χ0v) is 21.8. The van der Waals surface area contributed by atoms with Crippen molar-refractivity contribution in [2.24, 2.45) is 0 Å². The second kappa shape index (κ2) is 13.3. The molecule has 2 unspecified atom stereocenters.